The monoisotopic (exact) mass is 1100 g/mol. The number of esters is 3. The van der Waals surface area contributed by atoms with Crippen LogP contribution in [-0.2, 0) is 34.5 Å². The van der Waals surface area contributed by atoms with Gasteiger partial charge in [0.1, 0.15) is 17.2 Å². The summed E-state index contributed by atoms with van der Waals surface area (Å²) in [5, 5.41) is 0. The van der Waals surface area contributed by atoms with Crippen LogP contribution in [0.4, 0.5) is 0 Å². The van der Waals surface area contributed by atoms with Crippen molar-refractivity contribution in [2.45, 2.75) is 19.3 Å². The second-order valence-corrected chi connectivity index (χ2v) is 15.2. The Morgan fingerprint density at radius 2 is 0.782 bits per heavy atom. The molecule has 0 N–H and O–H groups in total. The Morgan fingerprint density at radius 3 is 1.02 bits per heavy atom. The number of benzene rings is 3. The minimum Gasteiger partial charge on any atom is -0.425 e. The standard InChI is InChI=1S/C42H27Br3N3O6.Ir/c43-31-7-1-4-25(19-31)37-13-10-34(22-46-37)52-40(49)28-16-29(41(50)53-35-11-14-38(47-23-35)26-5-2-8-32(44)20-26)18-30(17-28)42(51)54-36-12-15-39(48-24-36)27-6-3-9-33(45)21-27;/h1-3,7-15,19-24,28-30H,16-18H2;/q-3;+3. The summed E-state index contributed by atoms with van der Waals surface area (Å²) in [4.78, 5) is 54.1. The van der Waals surface area contributed by atoms with Gasteiger partial charge in [-0.15, -0.1) is 89.5 Å². The number of carbonyl (C=O) groups excluding carboxylic acids is 3. The summed E-state index contributed by atoms with van der Waals surface area (Å²) in [6.45, 7) is 0. The van der Waals surface area contributed by atoms with E-state index in [0.717, 1.165) is 30.1 Å². The largest absolute Gasteiger partial charge is 3.00 e. The van der Waals surface area contributed by atoms with E-state index < -0.39 is 35.7 Å². The SMILES string of the molecule is O=C(Oc1ccc(-c2[c-]ccc(Br)c2)nc1)C1CC(C(=O)Oc2ccc(-c3[c-]ccc(Br)c3)nc2)CC(C(=O)Oc2ccc(-c3[c-]ccc(Br)c3)nc2)C1.[Ir+3]. The quantitative estimate of drug-likeness (QED) is 0.103. The van der Waals surface area contributed by atoms with Crippen LogP contribution in [0.1, 0.15) is 19.3 Å². The maximum atomic E-state index is 13.6. The van der Waals surface area contributed by atoms with Crippen molar-refractivity contribution < 1.29 is 48.7 Å². The van der Waals surface area contributed by atoms with Gasteiger partial charge in [-0.1, -0.05) is 79.4 Å². The molecule has 0 amide bonds. The third-order valence-electron chi connectivity index (χ3n) is 8.69. The number of nitrogens with zero attached hydrogens (tertiary/aromatic N) is 3. The van der Waals surface area contributed by atoms with Crippen molar-refractivity contribution in [3.8, 4) is 51.0 Å². The summed E-state index contributed by atoms with van der Waals surface area (Å²) in [6.07, 6.45) is 4.68. The van der Waals surface area contributed by atoms with Crippen molar-refractivity contribution in [1.29, 1.82) is 0 Å². The van der Waals surface area contributed by atoms with Crippen LogP contribution in [0.5, 0.6) is 17.2 Å². The van der Waals surface area contributed by atoms with Crippen LogP contribution in [-0.4, -0.2) is 32.9 Å². The Bertz CT molecular complexity index is 2050. The molecule has 1 aliphatic rings. The zero-order valence-electron chi connectivity index (χ0n) is 28.5. The van der Waals surface area contributed by atoms with Crippen LogP contribution in [0.25, 0.3) is 33.8 Å². The van der Waals surface area contributed by atoms with Gasteiger partial charge in [0, 0.05) is 0 Å². The summed E-state index contributed by atoms with van der Waals surface area (Å²) in [5.74, 6) is -3.54. The van der Waals surface area contributed by atoms with E-state index in [4.69, 9.17) is 14.2 Å². The fraction of sp³-hybridized carbons (Fsp3) is 0.143. The Morgan fingerprint density at radius 1 is 0.491 bits per heavy atom. The zero-order valence-corrected chi connectivity index (χ0v) is 35.7. The minimum absolute atomic E-state index is 0. The predicted molar refractivity (Wildman–Crippen MR) is 210 cm³/mol. The Hall–Kier alpha value is -4.39. The summed E-state index contributed by atoms with van der Waals surface area (Å²) >= 11 is 10.4. The number of rotatable bonds is 9. The number of pyridine rings is 3. The zero-order chi connectivity index (χ0) is 37.6. The molecule has 55 heavy (non-hydrogen) atoms. The predicted octanol–water partition coefficient (Wildman–Crippen LogP) is 9.71. The molecule has 0 bridgehead atoms. The molecule has 3 aromatic heterocycles. The summed E-state index contributed by atoms with van der Waals surface area (Å²) in [6, 6.07) is 36.0. The first-order chi connectivity index (χ1) is 26.2. The molecule has 1 saturated carbocycles. The van der Waals surface area contributed by atoms with Gasteiger partial charge in [0.15, 0.2) is 0 Å². The van der Waals surface area contributed by atoms with Gasteiger partial charge in [0.25, 0.3) is 0 Å². The van der Waals surface area contributed by atoms with E-state index in [1.165, 1.54) is 18.6 Å². The molecular weight excluding hydrogens is 1070 g/mol. The average molecular weight is 1100 g/mol. The fourth-order valence-electron chi connectivity index (χ4n) is 6.05. The van der Waals surface area contributed by atoms with E-state index in [0.29, 0.717) is 17.1 Å². The maximum Gasteiger partial charge on any atom is 3.00 e. The first-order valence-electron chi connectivity index (χ1n) is 16.7. The molecule has 0 aliphatic heterocycles. The van der Waals surface area contributed by atoms with Gasteiger partial charge in [-0.05, 0) is 54.5 Å². The maximum absolute atomic E-state index is 13.6. The molecule has 3 aromatic carbocycles. The molecule has 13 heteroatoms. The molecule has 1 fully saturated rings. The van der Waals surface area contributed by atoms with Crippen molar-refractivity contribution in [1.82, 2.24) is 15.0 Å². The summed E-state index contributed by atoms with van der Waals surface area (Å²) in [7, 11) is 0. The molecule has 276 valence electrons. The number of hydrogen-bond acceptors (Lipinski definition) is 9. The van der Waals surface area contributed by atoms with E-state index in [-0.39, 0.29) is 56.6 Å². The minimum atomic E-state index is -0.813. The van der Waals surface area contributed by atoms with Crippen LogP contribution in [0.15, 0.2) is 123 Å². The molecule has 0 saturated heterocycles. The molecule has 7 rings (SSSR count). The molecule has 0 unspecified atom stereocenters. The second-order valence-electron chi connectivity index (χ2n) is 12.5. The third kappa shape index (κ3) is 10.5. The number of carbonyl (C=O) groups is 3. The molecule has 0 atom stereocenters. The molecule has 3 heterocycles. The van der Waals surface area contributed by atoms with E-state index in [1.54, 1.807) is 54.6 Å². The van der Waals surface area contributed by atoms with Crippen LogP contribution < -0.4 is 14.2 Å². The number of hydrogen-bond donors (Lipinski definition) is 0. The number of aromatic nitrogens is 3. The van der Waals surface area contributed by atoms with Gasteiger partial charge in [-0.25, -0.2) is 0 Å². The summed E-state index contributed by atoms with van der Waals surface area (Å²) < 4.78 is 19.8. The average Bonchev–Trinajstić information content (AvgIpc) is 3.18. The first-order valence-corrected chi connectivity index (χ1v) is 19.1. The number of halogens is 3. The molecule has 0 radical (unpaired) electrons. The Labute approximate surface area is 356 Å². The van der Waals surface area contributed by atoms with Crippen LogP contribution >= 0.6 is 47.8 Å². The van der Waals surface area contributed by atoms with Crippen molar-refractivity contribution in [2.75, 3.05) is 0 Å². The Kier molecular flexibility index (Phi) is 13.5. The summed E-state index contributed by atoms with van der Waals surface area (Å²) in [5.41, 5.74) is 4.25. The second kappa shape index (κ2) is 18.5. The van der Waals surface area contributed by atoms with Gasteiger partial charge in [0.2, 0.25) is 0 Å². The van der Waals surface area contributed by atoms with Crippen LogP contribution in [0.2, 0.25) is 0 Å². The van der Waals surface area contributed by atoms with E-state index in [1.807, 2.05) is 36.4 Å². The third-order valence-corrected chi connectivity index (χ3v) is 10.2. The first kappa shape index (κ1) is 40.3. The van der Waals surface area contributed by atoms with Crippen molar-refractivity contribution in [2.24, 2.45) is 17.8 Å². The fourth-order valence-corrected chi connectivity index (χ4v) is 7.14. The van der Waals surface area contributed by atoms with Gasteiger partial charge in [-0.2, -0.15) is 0 Å². The molecule has 0 spiro atoms. The van der Waals surface area contributed by atoms with Crippen molar-refractivity contribution in [3.63, 3.8) is 0 Å². The van der Waals surface area contributed by atoms with Crippen LogP contribution in [0.3, 0.4) is 0 Å². The van der Waals surface area contributed by atoms with E-state index >= 15 is 0 Å². The van der Waals surface area contributed by atoms with Gasteiger partial charge in [-0.3, -0.25) is 14.4 Å². The molecule has 9 nitrogen and oxygen atoms in total. The molecule has 1 aliphatic carbocycles. The van der Waals surface area contributed by atoms with Crippen LogP contribution in [0, 0.1) is 36.0 Å². The van der Waals surface area contributed by atoms with Gasteiger partial charge < -0.3 is 29.2 Å². The molecule has 6 aromatic rings. The molecular formula is C42H27Br3IrN3O6. The van der Waals surface area contributed by atoms with Crippen molar-refractivity contribution in [3.05, 3.63) is 141 Å². The van der Waals surface area contributed by atoms with Gasteiger partial charge in [0.05, 0.1) is 36.3 Å². The Balaban J connectivity index is 0.00000514. The van der Waals surface area contributed by atoms with Crippen molar-refractivity contribution >= 4 is 65.7 Å². The topological polar surface area (TPSA) is 118 Å². The van der Waals surface area contributed by atoms with E-state index in [9.17, 15) is 14.4 Å². The van der Waals surface area contributed by atoms with Gasteiger partial charge >= 0.3 is 38.0 Å². The normalized spacial score (nSPS) is 16.3. The van der Waals surface area contributed by atoms with E-state index in [2.05, 4.69) is 80.9 Å². The number of ether oxygens (including phenoxy) is 3. The smallest absolute Gasteiger partial charge is 0.425 e.